The highest BCUT2D eigenvalue weighted by Crippen LogP contribution is 2.49. The summed E-state index contributed by atoms with van der Waals surface area (Å²) in [6.45, 7) is 2.07. The molecule has 1 aromatic carbocycles. The number of carboxylic acids is 1. The molecule has 3 rings (SSSR count). The fraction of sp³-hybridized carbons (Fsp3) is 0.421. The lowest BCUT2D eigenvalue weighted by Crippen LogP contribution is -2.27. The summed E-state index contributed by atoms with van der Waals surface area (Å²) in [5.74, 6) is -0.234. The van der Waals surface area contributed by atoms with Crippen LogP contribution >= 0.6 is 0 Å². The van der Waals surface area contributed by atoms with E-state index in [1.807, 2.05) is 24.5 Å². The third-order valence-corrected chi connectivity index (χ3v) is 5.06. The van der Waals surface area contributed by atoms with Gasteiger partial charge in [-0.15, -0.1) is 0 Å². The molecule has 0 amide bonds. The zero-order chi connectivity index (χ0) is 15.6. The molecule has 1 saturated carbocycles. The van der Waals surface area contributed by atoms with Crippen molar-refractivity contribution in [3.05, 3.63) is 54.4 Å². The Labute approximate surface area is 131 Å². The van der Waals surface area contributed by atoms with Gasteiger partial charge in [-0.1, -0.05) is 25.5 Å². The summed E-state index contributed by atoms with van der Waals surface area (Å²) >= 11 is 0. The van der Waals surface area contributed by atoms with Crippen molar-refractivity contribution in [1.29, 1.82) is 0 Å². The van der Waals surface area contributed by atoms with Crippen molar-refractivity contribution in [2.24, 2.45) is 5.41 Å². The molecule has 3 nitrogen and oxygen atoms in total. The Bertz CT molecular complexity index is 630. The molecule has 1 fully saturated rings. The van der Waals surface area contributed by atoms with E-state index in [4.69, 9.17) is 0 Å². The molecule has 0 saturated heterocycles. The van der Waals surface area contributed by atoms with Gasteiger partial charge in [-0.3, -0.25) is 4.79 Å². The predicted octanol–water partition coefficient (Wildman–Crippen LogP) is 4.62. The maximum atomic E-state index is 11.7. The number of aliphatic carboxylic acids is 1. The summed E-state index contributed by atoms with van der Waals surface area (Å²) < 4.78 is 2.08. The van der Waals surface area contributed by atoms with Crippen LogP contribution in [-0.2, 0) is 4.79 Å². The van der Waals surface area contributed by atoms with Crippen molar-refractivity contribution in [3.8, 4) is 5.69 Å². The SMILES string of the molecule is CCCC1(C(=O)O)CCC(c2ccc(-n3cccc3)cc2)C1. The first kappa shape index (κ1) is 14.9. The molecule has 1 aliphatic carbocycles. The van der Waals surface area contributed by atoms with Crippen LogP contribution in [0.4, 0.5) is 0 Å². The molecule has 1 heterocycles. The van der Waals surface area contributed by atoms with E-state index in [0.717, 1.165) is 37.8 Å². The number of hydrogen-bond acceptors (Lipinski definition) is 1. The molecule has 116 valence electrons. The van der Waals surface area contributed by atoms with Crippen LogP contribution in [0.5, 0.6) is 0 Å². The highest BCUT2D eigenvalue weighted by Gasteiger charge is 2.44. The molecule has 0 spiro atoms. The molecule has 2 aromatic rings. The molecule has 1 N–H and O–H groups in total. The molecule has 0 aliphatic heterocycles. The highest BCUT2D eigenvalue weighted by atomic mass is 16.4. The van der Waals surface area contributed by atoms with Gasteiger partial charge < -0.3 is 9.67 Å². The number of carboxylic acid groups (broad SMARTS) is 1. The Balaban J connectivity index is 1.77. The Morgan fingerprint density at radius 3 is 2.55 bits per heavy atom. The van der Waals surface area contributed by atoms with Crippen molar-refractivity contribution in [3.63, 3.8) is 0 Å². The van der Waals surface area contributed by atoms with Gasteiger partial charge in [0.2, 0.25) is 0 Å². The van der Waals surface area contributed by atoms with E-state index in [1.54, 1.807) is 0 Å². The normalized spacial score (nSPS) is 24.5. The standard InChI is InChI=1S/C19H23NO2/c1-2-10-19(18(21)22)11-9-16(14-19)15-5-7-17(8-6-15)20-12-3-4-13-20/h3-8,12-13,16H,2,9-11,14H2,1H3,(H,21,22). The number of aromatic nitrogens is 1. The van der Waals surface area contributed by atoms with Gasteiger partial charge in [0.15, 0.2) is 0 Å². The van der Waals surface area contributed by atoms with E-state index in [-0.39, 0.29) is 0 Å². The first-order valence-corrected chi connectivity index (χ1v) is 8.11. The third kappa shape index (κ3) is 2.68. The molecule has 3 heteroatoms. The van der Waals surface area contributed by atoms with Gasteiger partial charge in [0, 0.05) is 18.1 Å². The van der Waals surface area contributed by atoms with E-state index in [2.05, 4.69) is 35.8 Å². The molecule has 2 unspecified atom stereocenters. The molecule has 1 aliphatic rings. The third-order valence-electron chi connectivity index (χ3n) is 5.06. The average molecular weight is 297 g/mol. The Morgan fingerprint density at radius 2 is 1.95 bits per heavy atom. The minimum Gasteiger partial charge on any atom is -0.481 e. The molecular weight excluding hydrogens is 274 g/mol. The summed E-state index contributed by atoms with van der Waals surface area (Å²) in [6.07, 6.45) is 8.35. The average Bonchev–Trinajstić information content (AvgIpc) is 3.18. The van der Waals surface area contributed by atoms with Crippen LogP contribution in [0.3, 0.4) is 0 Å². The zero-order valence-electron chi connectivity index (χ0n) is 13.0. The lowest BCUT2D eigenvalue weighted by Gasteiger charge is -2.23. The molecule has 2 atom stereocenters. The Kier molecular flexibility index (Phi) is 4.06. The van der Waals surface area contributed by atoms with E-state index >= 15 is 0 Å². The molecule has 0 radical (unpaired) electrons. The van der Waals surface area contributed by atoms with Gasteiger partial charge in [0.1, 0.15) is 0 Å². The number of nitrogens with zero attached hydrogens (tertiary/aromatic N) is 1. The Morgan fingerprint density at radius 1 is 1.27 bits per heavy atom. The van der Waals surface area contributed by atoms with E-state index in [1.165, 1.54) is 5.56 Å². The van der Waals surface area contributed by atoms with Gasteiger partial charge in [-0.25, -0.2) is 0 Å². The maximum absolute atomic E-state index is 11.7. The largest absolute Gasteiger partial charge is 0.481 e. The molecule has 22 heavy (non-hydrogen) atoms. The van der Waals surface area contributed by atoms with Crippen LogP contribution < -0.4 is 0 Å². The number of benzene rings is 1. The maximum Gasteiger partial charge on any atom is 0.309 e. The minimum absolute atomic E-state index is 0.376. The van der Waals surface area contributed by atoms with Crippen molar-refractivity contribution in [2.45, 2.75) is 44.9 Å². The number of carbonyl (C=O) groups is 1. The smallest absolute Gasteiger partial charge is 0.309 e. The second kappa shape index (κ2) is 5.99. The first-order valence-electron chi connectivity index (χ1n) is 8.11. The second-order valence-electron chi connectivity index (χ2n) is 6.46. The molecule has 1 aromatic heterocycles. The van der Waals surface area contributed by atoms with Crippen LogP contribution in [-0.4, -0.2) is 15.6 Å². The summed E-state index contributed by atoms with van der Waals surface area (Å²) in [5.41, 5.74) is 1.92. The fourth-order valence-corrected chi connectivity index (χ4v) is 3.84. The van der Waals surface area contributed by atoms with Crippen LogP contribution in [0, 0.1) is 5.41 Å². The van der Waals surface area contributed by atoms with Crippen LogP contribution in [0.25, 0.3) is 5.69 Å². The van der Waals surface area contributed by atoms with Gasteiger partial charge in [0.05, 0.1) is 5.41 Å². The van der Waals surface area contributed by atoms with Crippen molar-refractivity contribution < 1.29 is 9.90 Å². The fourth-order valence-electron chi connectivity index (χ4n) is 3.84. The van der Waals surface area contributed by atoms with Crippen molar-refractivity contribution in [2.75, 3.05) is 0 Å². The van der Waals surface area contributed by atoms with Gasteiger partial charge in [0.25, 0.3) is 0 Å². The quantitative estimate of drug-likeness (QED) is 0.875. The molecular formula is C19H23NO2. The first-order chi connectivity index (χ1) is 10.6. The monoisotopic (exact) mass is 297 g/mol. The summed E-state index contributed by atoms with van der Waals surface area (Å²) in [4.78, 5) is 11.7. The summed E-state index contributed by atoms with van der Waals surface area (Å²) in [7, 11) is 0. The van der Waals surface area contributed by atoms with Crippen molar-refractivity contribution >= 4 is 5.97 Å². The number of rotatable bonds is 5. The van der Waals surface area contributed by atoms with Crippen LogP contribution in [0.2, 0.25) is 0 Å². The van der Waals surface area contributed by atoms with Crippen LogP contribution in [0.15, 0.2) is 48.8 Å². The van der Waals surface area contributed by atoms with Gasteiger partial charge in [-0.2, -0.15) is 0 Å². The lowest BCUT2D eigenvalue weighted by molar-refractivity contribution is -0.149. The second-order valence-corrected chi connectivity index (χ2v) is 6.46. The van der Waals surface area contributed by atoms with Crippen LogP contribution in [0.1, 0.15) is 50.5 Å². The van der Waals surface area contributed by atoms with E-state index in [9.17, 15) is 9.90 Å². The van der Waals surface area contributed by atoms with Gasteiger partial charge in [-0.05, 0) is 61.4 Å². The number of hydrogen-bond donors (Lipinski definition) is 1. The lowest BCUT2D eigenvalue weighted by atomic mass is 9.80. The predicted molar refractivity (Wildman–Crippen MR) is 87.3 cm³/mol. The Hall–Kier alpha value is -2.03. The van der Waals surface area contributed by atoms with E-state index in [0.29, 0.717) is 5.92 Å². The highest BCUT2D eigenvalue weighted by molar-refractivity contribution is 5.75. The molecule has 0 bridgehead atoms. The van der Waals surface area contributed by atoms with Gasteiger partial charge >= 0.3 is 5.97 Å². The zero-order valence-corrected chi connectivity index (χ0v) is 13.0. The van der Waals surface area contributed by atoms with E-state index < -0.39 is 11.4 Å². The van der Waals surface area contributed by atoms with Crippen molar-refractivity contribution in [1.82, 2.24) is 4.57 Å². The summed E-state index contributed by atoms with van der Waals surface area (Å²) in [6, 6.07) is 12.6. The topological polar surface area (TPSA) is 42.2 Å². The summed E-state index contributed by atoms with van der Waals surface area (Å²) in [5, 5.41) is 9.63. The minimum atomic E-state index is -0.610.